The van der Waals surface area contributed by atoms with E-state index in [2.05, 4.69) is 15.4 Å². The molecule has 0 saturated heterocycles. The summed E-state index contributed by atoms with van der Waals surface area (Å²) >= 11 is 0. The molecule has 0 fully saturated rings. The van der Waals surface area contributed by atoms with Gasteiger partial charge < -0.3 is 24.8 Å². The molecule has 0 bridgehead atoms. The fourth-order valence-corrected chi connectivity index (χ4v) is 2.49. The highest BCUT2D eigenvalue weighted by Gasteiger charge is 2.31. The van der Waals surface area contributed by atoms with Crippen molar-refractivity contribution < 1.29 is 37.0 Å². The third-order valence-corrected chi connectivity index (χ3v) is 3.71. The molecule has 2 aromatic carbocycles. The van der Waals surface area contributed by atoms with Crippen molar-refractivity contribution in [2.75, 3.05) is 24.0 Å². The third kappa shape index (κ3) is 4.84. The zero-order valence-corrected chi connectivity index (χ0v) is 14.6. The third-order valence-electron chi connectivity index (χ3n) is 3.71. The van der Waals surface area contributed by atoms with Gasteiger partial charge in [0.05, 0.1) is 12.2 Å². The Morgan fingerprint density at radius 3 is 2.36 bits per heavy atom. The highest BCUT2D eigenvalue weighted by molar-refractivity contribution is 6.05. The molecule has 1 amide bonds. The number of rotatable bonds is 6. The van der Waals surface area contributed by atoms with Crippen molar-refractivity contribution in [1.82, 2.24) is 0 Å². The summed E-state index contributed by atoms with van der Waals surface area (Å²) in [7, 11) is 0. The molecule has 1 heterocycles. The molecule has 10 heteroatoms. The second kappa shape index (κ2) is 7.67. The van der Waals surface area contributed by atoms with Crippen molar-refractivity contribution in [2.24, 2.45) is 0 Å². The number of alkyl halides is 3. The maximum Gasteiger partial charge on any atom is 0.573 e. The van der Waals surface area contributed by atoms with Crippen molar-refractivity contribution >= 4 is 23.1 Å². The van der Waals surface area contributed by atoms with Gasteiger partial charge in [-0.15, -0.1) is 13.2 Å². The summed E-state index contributed by atoms with van der Waals surface area (Å²) in [4.78, 5) is 24.0. The Bertz CT molecular complexity index is 897. The lowest BCUT2D eigenvalue weighted by Gasteiger charge is -2.12. The first kappa shape index (κ1) is 19.3. The van der Waals surface area contributed by atoms with Crippen LogP contribution >= 0.6 is 0 Å². The quantitative estimate of drug-likeness (QED) is 0.727. The molecular weight excluding hydrogens is 381 g/mol. The van der Waals surface area contributed by atoms with Crippen LogP contribution in [0.15, 0.2) is 36.4 Å². The van der Waals surface area contributed by atoms with Crippen LogP contribution in [0.2, 0.25) is 0 Å². The van der Waals surface area contributed by atoms with E-state index in [4.69, 9.17) is 9.47 Å². The van der Waals surface area contributed by atoms with Gasteiger partial charge in [-0.3, -0.25) is 9.59 Å². The molecule has 2 aromatic rings. The monoisotopic (exact) mass is 396 g/mol. The first-order chi connectivity index (χ1) is 13.2. The maximum absolute atomic E-state index is 12.2. The summed E-state index contributed by atoms with van der Waals surface area (Å²) in [5.41, 5.74) is 0.964. The largest absolute Gasteiger partial charge is 0.573 e. The number of nitrogens with one attached hydrogen (secondary N) is 2. The molecule has 1 aliphatic heterocycles. The molecule has 0 saturated carbocycles. The molecule has 28 heavy (non-hydrogen) atoms. The molecule has 0 atom stereocenters. The average Bonchev–Trinajstić information content (AvgIpc) is 3.06. The number of Topliss-reactive ketones (excluding diaryl/α,β-unsaturated/α-hetero) is 1. The predicted molar refractivity (Wildman–Crippen MR) is 92.8 cm³/mol. The molecular formula is C18H15F3N2O5. The SMILES string of the molecule is CC(=O)c1cc2c(cc1NC(=O)CNc1ccc(OC(F)(F)F)cc1)OCO2. The minimum Gasteiger partial charge on any atom is -0.454 e. The van der Waals surface area contributed by atoms with Crippen LogP contribution in [-0.4, -0.2) is 31.4 Å². The lowest BCUT2D eigenvalue weighted by atomic mass is 10.1. The molecule has 0 spiro atoms. The first-order valence-electron chi connectivity index (χ1n) is 8.05. The zero-order valence-electron chi connectivity index (χ0n) is 14.6. The molecule has 2 N–H and O–H groups in total. The average molecular weight is 396 g/mol. The van der Waals surface area contributed by atoms with Crippen molar-refractivity contribution in [2.45, 2.75) is 13.3 Å². The number of hydrogen-bond donors (Lipinski definition) is 2. The molecule has 0 radical (unpaired) electrons. The standard InChI is InChI=1S/C18H15F3N2O5/c1-10(24)13-6-15-16(27-9-26-15)7-14(13)23-17(25)8-22-11-2-4-12(5-3-11)28-18(19,20)21/h2-7,22H,8-9H2,1H3,(H,23,25). The highest BCUT2D eigenvalue weighted by atomic mass is 19.4. The Balaban J connectivity index is 1.61. The van der Waals surface area contributed by atoms with Gasteiger partial charge in [0.15, 0.2) is 17.3 Å². The highest BCUT2D eigenvalue weighted by Crippen LogP contribution is 2.37. The normalized spacial score (nSPS) is 12.4. The lowest BCUT2D eigenvalue weighted by Crippen LogP contribution is -2.22. The number of carbonyl (C=O) groups excluding carboxylic acids is 2. The smallest absolute Gasteiger partial charge is 0.454 e. The Morgan fingerprint density at radius 1 is 1.11 bits per heavy atom. The molecule has 7 nitrogen and oxygen atoms in total. The number of fused-ring (bicyclic) bond motifs is 1. The molecule has 1 aliphatic rings. The number of ether oxygens (including phenoxy) is 3. The van der Waals surface area contributed by atoms with Crippen molar-refractivity contribution in [3.8, 4) is 17.2 Å². The van der Waals surface area contributed by atoms with Gasteiger partial charge in [0.2, 0.25) is 12.7 Å². The summed E-state index contributed by atoms with van der Waals surface area (Å²) < 4.78 is 50.7. The Hall–Kier alpha value is -3.43. The molecule has 3 rings (SSSR count). The Kier molecular flexibility index (Phi) is 5.30. The van der Waals surface area contributed by atoms with E-state index < -0.39 is 12.3 Å². The minimum absolute atomic E-state index is 0.0275. The van der Waals surface area contributed by atoms with Crippen LogP contribution in [0.25, 0.3) is 0 Å². The van der Waals surface area contributed by atoms with E-state index >= 15 is 0 Å². The van der Waals surface area contributed by atoms with Gasteiger partial charge in [-0.2, -0.15) is 0 Å². The van der Waals surface area contributed by atoms with Gasteiger partial charge in [-0.1, -0.05) is 0 Å². The number of carbonyl (C=O) groups is 2. The van der Waals surface area contributed by atoms with E-state index in [1.165, 1.54) is 31.2 Å². The summed E-state index contributed by atoms with van der Waals surface area (Å²) in [6.07, 6.45) is -4.77. The topological polar surface area (TPSA) is 85.9 Å². The van der Waals surface area contributed by atoms with Crippen LogP contribution < -0.4 is 24.8 Å². The number of halogens is 3. The predicted octanol–water partition coefficient (Wildman–Crippen LogP) is 3.57. The van der Waals surface area contributed by atoms with Crippen LogP contribution in [0.1, 0.15) is 17.3 Å². The van der Waals surface area contributed by atoms with Gasteiger partial charge >= 0.3 is 6.36 Å². The van der Waals surface area contributed by atoms with Crippen LogP contribution in [0.4, 0.5) is 24.5 Å². The summed E-state index contributed by atoms with van der Waals surface area (Å²) in [6, 6.07) is 7.93. The van der Waals surface area contributed by atoms with E-state index in [0.29, 0.717) is 17.2 Å². The van der Waals surface area contributed by atoms with Crippen LogP contribution in [0.5, 0.6) is 17.2 Å². The summed E-state index contributed by atoms with van der Waals surface area (Å²) in [5.74, 6) is -0.260. The van der Waals surface area contributed by atoms with E-state index in [-0.39, 0.29) is 36.1 Å². The zero-order chi connectivity index (χ0) is 20.3. The Labute approximate surface area is 157 Å². The van der Waals surface area contributed by atoms with Gasteiger partial charge in [0.1, 0.15) is 5.75 Å². The van der Waals surface area contributed by atoms with Gasteiger partial charge in [-0.25, -0.2) is 0 Å². The van der Waals surface area contributed by atoms with Gasteiger partial charge in [-0.05, 0) is 37.3 Å². The van der Waals surface area contributed by atoms with Crippen LogP contribution in [0.3, 0.4) is 0 Å². The molecule has 0 unspecified atom stereocenters. The molecule has 0 aliphatic carbocycles. The fourth-order valence-electron chi connectivity index (χ4n) is 2.49. The van der Waals surface area contributed by atoms with Crippen LogP contribution in [-0.2, 0) is 4.79 Å². The molecule has 0 aromatic heterocycles. The van der Waals surface area contributed by atoms with E-state index in [0.717, 1.165) is 12.1 Å². The van der Waals surface area contributed by atoms with E-state index in [1.54, 1.807) is 0 Å². The van der Waals surface area contributed by atoms with E-state index in [9.17, 15) is 22.8 Å². The second-order valence-corrected chi connectivity index (χ2v) is 5.78. The number of benzene rings is 2. The lowest BCUT2D eigenvalue weighted by molar-refractivity contribution is -0.274. The first-order valence-corrected chi connectivity index (χ1v) is 8.05. The van der Waals surface area contributed by atoms with Crippen LogP contribution in [0, 0.1) is 0 Å². The summed E-state index contributed by atoms with van der Waals surface area (Å²) in [5, 5.41) is 5.37. The minimum atomic E-state index is -4.77. The second-order valence-electron chi connectivity index (χ2n) is 5.78. The maximum atomic E-state index is 12.2. The number of hydrogen-bond acceptors (Lipinski definition) is 6. The van der Waals surface area contributed by atoms with Crippen molar-refractivity contribution in [1.29, 1.82) is 0 Å². The summed E-state index contributed by atoms with van der Waals surface area (Å²) in [6.45, 7) is 1.21. The number of amides is 1. The molecule has 148 valence electrons. The Morgan fingerprint density at radius 2 is 1.75 bits per heavy atom. The number of anilines is 2. The number of ketones is 1. The van der Waals surface area contributed by atoms with Gasteiger partial charge in [0.25, 0.3) is 0 Å². The van der Waals surface area contributed by atoms with Crippen molar-refractivity contribution in [3.63, 3.8) is 0 Å². The van der Waals surface area contributed by atoms with Gasteiger partial charge in [0, 0.05) is 17.3 Å². The van der Waals surface area contributed by atoms with E-state index in [1.807, 2.05) is 0 Å². The van der Waals surface area contributed by atoms with Crippen molar-refractivity contribution in [3.05, 3.63) is 42.0 Å². The fraction of sp³-hybridized carbons (Fsp3) is 0.222.